The second kappa shape index (κ2) is 4.92. The predicted molar refractivity (Wildman–Crippen MR) is 50.4 cm³/mol. The number of aliphatic hydroxyl groups is 1. The van der Waals surface area contributed by atoms with Gasteiger partial charge in [-0.2, -0.15) is 0 Å². The van der Waals surface area contributed by atoms with Crippen LogP contribution < -0.4 is 0 Å². The Bertz CT molecular complexity index is 230. The van der Waals surface area contributed by atoms with Gasteiger partial charge in [-0.15, -0.1) is 0 Å². The smallest absolute Gasteiger partial charge is 0.199 e. The largest absolute Gasteiger partial charge is 0.371 e. The van der Waals surface area contributed by atoms with Crippen LogP contribution in [0.15, 0.2) is 12.2 Å². The zero-order valence-corrected chi connectivity index (χ0v) is 8.33. The first-order chi connectivity index (χ1) is 6.07. The predicted octanol–water partition coefficient (Wildman–Crippen LogP) is 1.25. The molecule has 0 aromatic heterocycles. The molecule has 0 saturated carbocycles. The Kier molecular flexibility index (Phi) is 4.56. The summed E-state index contributed by atoms with van der Waals surface area (Å²) >= 11 is 0. The first kappa shape index (κ1) is 12.0. The van der Waals surface area contributed by atoms with Crippen LogP contribution in [-0.2, 0) is 9.59 Å². The number of hydrogen-bond donors (Lipinski definition) is 1. The van der Waals surface area contributed by atoms with Crippen LogP contribution in [0.25, 0.3) is 0 Å². The molecule has 1 rings (SSSR count). The third-order valence-electron chi connectivity index (χ3n) is 1.86. The third-order valence-corrected chi connectivity index (χ3v) is 1.86. The fourth-order valence-electron chi connectivity index (χ4n) is 1.07. The van der Waals surface area contributed by atoms with Crippen molar-refractivity contribution in [2.75, 3.05) is 0 Å². The van der Waals surface area contributed by atoms with Crippen LogP contribution in [0, 0.1) is 0 Å². The molecule has 0 bridgehead atoms. The normalized spacial score (nSPS) is 26.3. The fraction of sp³-hybridized carbons (Fsp3) is 0.600. The van der Waals surface area contributed by atoms with E-state index in [1.54, 1.807) is 6.08 Å². The van der Waals surface area contributed by atoms with Crippen molar-refractivity contribution in [1.29, 1.82) is 0 Å². The molecule has 0 saturated heterocycles. The molecule has 1 N–H and O–H groups in total. The van der Waals surface area contributed by atoms with Crippen molar-refractivity contribution in [2.24, 2.45) is 0 Å². The molecule has 1 aliphatic carbocycles. The van der Waals surface area contributed by atoms with Gasteiger partial charge in [-0.25, -0.2) is 0 Å². The fourth-order valence-corrected chi connectivity index (χ4v) is 1.07. The molecule has 0 amide bonds. The minimum Gasteiger partial charge on any atom is -0.371 e. The summed E-state index contributed by atoms with van der Waals surface area (Å²) in [7, 11) is 0. The van der Waals surface area contributed by atoms with Gasteiger partial charge >= 0.3 is 0 Å². The summed E-state index contributed by atoms with van der Waals surface area (Å²) < 4.78 is 0. The van der Waals surface area contributed by atoms with Gasteiger partial charge in [-0.05, 0) is 19.4 Å². The van der Waals surface area contributed by atoms with Gasteiger partial charge in [0.05, 0.1) is 0 Å². The number of carbonyl (C=O) groups excluding carboxylic acids is 2. The van der Waals surface area contributed by atoms with Crippen LogP contribution in [0.2, 0.25) is 0 Å². The van der Waals surface area contributed by atoms with Crippen molar-refractivity contribution in [2.45, 2.75) is 39.2 Å². The summed E-state index contributed by atoms with van der Waals surface area (Å²) in [6, 6.07) is 0. The summed E-state index contributed by atoms with van der Waals surface area (Å²) in [5, 5.41) is 9.43. The molecule has 0 heterocycles. The van der Waals surface area contributed by atoms with E-state index in [9.17, 15) is 14.7 Å². The van der Waals surface area contributed by atoms with Crippen LogP contribution in [0.5, 0.6) is 0 Å². The maximum Gasteiger partial charge on any atom is 0.199 e. The second-order valence-corrected chi connectivity index (χ2v) is 2.69. The molecule has 3 nitrogen and oxygen atoms in total. The van der Waals surface area contributed by atoms with Gasteiger partial charge in [-0.1, -0.05) is 19.9 Å². The molecule has 1 unspecified atom stereocenters. The Morgan fingerprint density at radius 1 is 1.54 bits per heavy atom. The zero-order valence-electron chi connectivity index (χ0n) is 8.33. The van der Waals surface area contributed by atoms with Crippen LogP contribution in [-0.4, -0.2) is 22.3 Å². The van der Waals surface area contributed by atoms with E-state index in [0.717, 1.165) is 0 Å². The minimum atomic E-state index is -1.82. The van der Waals surface area contributed by atoms with Crippen molar-refractivity contribution in [3.8, 4) is 0 Å². The lowest BCUT2D eigenvalue weighted by Crippen LogP contribution is -2.44. The highest BCUT2D eigenvalue weighted by Gasteiger charge is 2.38. The third kappa shape index (κ3) is 2.49. The maximum absolute atomic E-state index is 11.0. The summed E-state index contributed by atoms with van der Waals surface area (Å²) in [5.41, 5.74) is -1.82. The van der Waals surface area contributed by atoms with Crippen LogP contribution in [0.4, 0.5) is 0 Å². The van der Waals surface area contributed by atoms with E-state index in [1.807, 2.05) is 13.8 Å². The van der Waals surface area contributed by atoms with Gasteiger partial charge in [0.2, 0.25) is 0 Å². The molecule has 0 aliphatic heterocycles. The topological polar surface area (TPSA) is 54.4 Å². The Balaban J connectivity index is 0.000000671. The molecule has 74 valence electrons. The molecule has 0 aromatic carbocycles. The molecule has 0 radical (unpaired) electrons. The summed E-state index contributed by atoms with van der Waals surface area (Å²) in [6.45, 7) is 5.22. The second-order valence-electron chi connectivity index (χ2n) is 2.69. The van der Waals surface area contributed by atoms with Gasteiger partial charge in [0.1, 0.15) is 0 Å². The summed E-state index contributed by atoms with van der Waals surface area (Å²) in [4.78, 5) is 21.8. The van der Waals surface area contributed by atoms with E-state index in [2.05, 4.69) is 0 Å². The van der Waals surface area contributed by atoms with E-state index in [4.69, 9.17) is 0 Å². The number of ketones is 2. The number of allylic oxidation sites excluding steroid dienone is 1. The number of Topliss-reactive ketones (excluding diaryl/α,β-unsaturated/α-hetero) is 2. The van der Waals surface area contributed by atoms with E-state index >= 15 is 0 Å². The van der Waals surface area contributed by atoms with Gasteiger partial charge in [0.25, 0.3) is 0 Å². The van der Waals surface area contributed by atoms with E-state index in [-0.39, 0.29) is 6.42 Å². The molecule has 1 atom stereocenters. The van der Waals surface area contributed by atoms with E-state index in [0.29, 0.717) is 6.42 Å². The first-order valence-corrected chi connectivity index (χ1v) is 4.52. The van der Waals surface area contributed by atoms with Crippen LogP contribution >= 0.6 is 0 Å². The van der Waals surface area contributed by atoms with Gasteiger partial charge in [0.15, 0.2) is 17.2 Å². The zero-order chi connectivity index (χ0) is 10.5. The van der Waals surface area contributed by atoms with E-state index in [1.165, 1.54) is 13.0 Å². The average Bonchev–Trinajstić information content (AvgIpc) is 2.13. The average molecular weight is 184 g/mol. The van der Waals surface area contributed by atoms with Crippen LogP contribution in [0.3, 0.4) is 0 Å². The van der Waals surface area contributed by atoms with Crippen LogP contribution in [0.1, 0.15) is 33.6 Å². The molecule has 1 aliphatic rings. The molecule has 0 fully saturated rings. The molecule has 3 heteroatoms. The molecule has 0 aromatic rings. The first-order valence-electron chi connectivity index (χ1n) is 4.52. The van der Waals surface area contributed by atoms with Crippen molar-refractivity contribution in [3.63, 3.8) is 0 Å². The van der Waals surface area contributed by atoms with Crippen molar-refractivity contribution < 1.29 is 14.7 Å². The monoisotopic (exact) mass is 184 g/mol. The van der Waals surface area contributed by atoms with Crippen molar-refractivity contribution in [1.82, 2.24) is 0 Å². The van der Waals surface area contributed by atoms with Gasteiger partial charge in [-0.3, -0.25) is 9.59 Å². The minimum absolute atomic E-state index is 0.257. The molecule has 13 heavy (non-hydrogen) atoms. The Hall–Kier alpha value is -0.960. The highest BCUT2D eigenvalue weighted by molar-refractivity contribution is 6.11. The highest BCUT2D eigenvalue weighted by atomic mass is 16.3. The number of hydrogen-bond acceptors (Lipinski definition) is 3. The quantitative estimate of drug-likeness (QED) is 0.493. The van der Waals surface area contributed by atoms with Gasteiger partial charge < -0.3 is 5.11 Å². The Morgan fingerprint density at radius 2 is 2.08 bits per heavy atom. The van der Waals surface area contributed by atoms with Gasteiger partial charge in [0, 0.05) is 6.42 Å². The Labute approximate surface area is 78.5 Å². The van der Waals surface area contributed by atoms with Crippen molar-refractivity contribution >= 4 is 11.6 Å². The van der Waals surface area contributed by atoms with Crippen molar-refractivity contribution in [3.05, 3.63) is 12.2 Å². The standard InChI is InChI=1S/C8H10O3.C2H6/c1-6(9)8(11)5-3-2-4-7(8)10;1-2/h3,5,11H,2,4H2,1H3;1-2H3. The maximum atomic E-state index is 11.0. The molecule has 0 spiro atoms. The molecular formula is C10H16O3. The molecular weight excluding hydrogens is 168 g/mol. The lowest BCUT2D eigenvalue weighted by molar-refractivity contribution is -0.145. The Morgan fingerprint density at radius 3 is 2.38 bits per heavy atom. The number of rotatable bonds is 1. The summed E-state index contributed by atoms with van der Waals surface area (Å²) in [5.74, 6) is -0.897. The SMILES string of the molecule is CC.CC(=O)C1(O)C=CCCC1=O. The number of carbonyl (C=O) groups is 2. The van der Waals surface area contributed by atoms with E-state index < -0.39 is 17.2 Å². The lowest BCUT2D eigenvalue weighted by atomic mass is 9.87. The highest BCUT2D eigenvalue weighted by Crippen LogP contribution is 2.18. The lowest BCUT2D eigenvalue weighted by Gasteiger charge is -2.22. The summed E-state index contributed by atoms with van der Waals surface area (Å²) in [6.07, 6.45) is 3.81.